The molecule has 0 aliphatic rings. The first-order chi connectivity index (χ1) is 12.5. The van der Waals surface area contributed by atoms with E-state index < -0.39 is 16.7 Å². The number of methoxy groups -OCH3 is 1. The zero-order chi connectivity index (χ0) is 18.9. The molecule has 0 fully saturated rings. The van der Waals surface area contributed by atoms with Gasteiger partial charge in [0.05, 0.1) is 30.4 Å². The topological polar surface area (TPSA) is 123 Å². The molecule has 9 heteroatoms. The number of carbonyl (C=O) groups is 2. The van der Waals surface area contributed by atoms with Crippen LogP contribution in [0.4, 0.5) is 5.69 Å². The van der Waals surface area contributed by atoms with Crippen LogP contribution in [0.3, 0.4) is 0 Å². The summed E-state index contributed by atoms with van der Waals surface area (Å²) < 4.78 is 5.08. The summed E-state index contributed by atoms with van der Waals surface area (Å²) in [6.07, 6.45) is 1.34. The largest absolute Gasteiger partial charge is 0.496 e. The van der Waals surface area contributed by atoms with Crippen LogP contribution in [0.25, 0.3) is 0 Å². The predicted molar refractivity (Wildman–Crippen MR) is 94.2 cm³/mol. The van der Waals surface area contributed by atoms with Crippen LogP contribution in [0.1, 0.15) is 15.9 Å². The second kappa shape index (κ2) is 8.92. The second-order valence-corrected chi connectivity index (χ2v) is 5.02. The first-order valence-corrected chi connectivity index (χ1v) is 7.49. The molecule has 2 rings (SSSR count). The number of amides is 2. The normalized spacial score (nSPS) is 10.3. The lowest BCUT2D eigenvalue weighted by atomic mass is 10.2. The van der Waals surface area contributed by atoms with Crippen molar-refractivity contribution in [1.29, 1.82) is 0 Å². The van der Waals surface area contributed by atoms with Crippen molar-refractivity contribution in [2.75, 3.05) is 13.7 Å². The highest BCUT2D eigenvalue weighted by Gasteiger charge is 2.12. The van der Waals surface area contributed by atoms with Gasteiger partial charge in [-0.2, -0.15) is 5.10 Å². The van der Waals surface area contributed by atoms with Crippen LogP contribution in [0.5, 0.6) is 5.75 Å². The third kappa shape index (κ3) is 5.13. The summed E-state index contributed by atoms with van der Waals surface area (Å²) in [5.41, 5.74) is 3.11. The molecule has 26 heavy (non-hydrogen) atoms. The van der Waals surface area contributed by atoms with Crippen molar-refractivity contribution < 1.29 is 19.2 Å². The molecule has 2 amide bonds. The maximum atomic E-state index is 12.0. The average molecular weight is 356 g/mol. The van der Waals surface area contributed by atoms with Gasteiger partial charge < -0.3 is 10.1 Å². The van der Waals surface area contributed by atoms with Crippen molar-refractivity contribution in [3.63, 3.8) is 0 Å². The summed E-state index contributed by atoms with van der Waals surface area (Å²) in [5.74, 6) is -0.565. The summed E-state index contributed by atoms with van der Waals surface area (Å²) in [6, 6.07) is 12.3. The minimum absolute atomic E-state index is 0.0368. The Morgan fingerprint density at radius 2 is 1.88 bits per heavy atom. The number of non-ortho nitro benzene ring substituents is 1. The second-order valence-electron chi connectivity index (χ2n) is 5.02. The molecule has 0 aliphatic carbocycles. The van der Waals surface area contributed by atoms with E-state index >= 15 is 0 Å². The van der Waals surface area contributed by atoms with Crippen LogP contribution in [0, 0.1) is 10.1 Å². The van der Waals surface area contributed by atoms with E-state index in [4.69, 9.17) is 4.74 Å². The number of rotatable bonds is 7. The van der Waals surface area contributed by atoms with Gasteiger partial charge >= 0.3 is 0 Å². The maximum Gasteiger partial charge on any atom is 0.269 e. The lowest BCUT2D eigenvalue weighted by molar-refractivity contribution is -0.384. The van der Waals surface area contributed by atoms with Gasteiger partial charge in [0.25, 0.3) is 17.5 Å². The van der Waals surface area contributed by atoms with Gasteiger partial charge in [-0.15, -0.1) is 0 Å². The fraction of sp³-hybridized carbons (Fsp3) is 0.118. The van der Waals surface area contributed by atoms with Crippen molar-refractivity contribution in [2.24, 2.45) is 5.10 Å². The molecule has 0 saturated carbocycles. The smallest absolute Gasteiger partial charge is 0.269 e. The summed E-state index contributed by atoms with van der Waals surface area (Å²) in [7, 11) is 1.45. The molecule has 0 atom stereocenters. The number of carbonyl (C=O) groups excluding carboxylic acids is 2. The molecule has 0 aromatic heterocycles. The molecule has 0 radical (unpaired) electrons. The van der Waals surface area contributed by atoms with Crippen LogP contribution in [0.15, 0.2) is 53.6 Å². The first kappa shape index (κ1) is 18.6. The Labute approximate surface area is 148 Å². The first-order valence-electron chi connectivity index (χ1n) is 7.49. The van der Waals surface area contributed by atoms with E-state index in [0.29, 0.717) is 16.9 Å². The Morgan fingerprint density at radius 1 is 1.19 bits per heavy atom. The minimum atomic E-state index is -0.522. The molecule has 2 aromatic rings. The number of nitrogens with one attached hydrogen (secondary N) is 2. The van der Waals surface area contributed by atoms with Crippen molar-refractivity contribution in [1.82, 2.24) is 10.7 Å². The fourth-order valence-electron chi connectivity index (χ4n) is 1.99. The molecule has 0 bridgehead atoms. The standard InChI is InChI=1S/C17H16N4O5/c1-26-15-5-3-2-4-14(15)17(23)18-11-16(22)20-19-10-12-6-8-13(9-7-12)21(24)25/h2-10H,11H2,1H3,(H,18,23)(H,20,22)/b19-10-. The number of nitro groups is 1. The number of hydrogen-bond donors (Lipinski definition) is 2. The molecule has 9 nitrogen and oxygen atoms in total. The Morgan fingerprint density at radius 3 is 2.54 bits per heavy atom. The fourth-order valence-corrected chi connectivity index (χ4v) is 1.99. The SMILES string of the molecule is COc1ccccc1C(=O)NCC(=O)N/N=C\c1ccc([N+](=O)[O-])cc1. The van der Waals surface area contributed by atoms with Crippen LogP contribution in [0.2, 0.25) is 0 Å². The summed E-state index contributed by atoms with van der Waals surface area (Å²) >= 11 is 0. The van der Waals surface area contributed by atoms with E-state index in [2.05, 4.69) is 15.8 Å². The highest BCUT2D eigenvalue weighted by Crippen LogP contribution is 2.16. The van der Waals surface area contributed by atoms with E-state index in [9.17, 15) is 19.7 Å². The molecule has 2 aromatic carbocycles. The minimum Gasteiger partial charge on any atom is -0.496 e. The molecule has 0 heterocycles. The zero-order valence-corrected chi connectivity index (χ0v) is 13.8. The van der Waals surface area contributed by atoms with Gasteiger partial charge in [-0.3, -0.25) is 19.7 Å². The highest BCUT2D eigenvalue weighted by atomic mass is 16.6. The molecule has 0 saturated heterocycles. The average Bonchev–Trinajstić information content (AvgIpc) is 2.66. The van der Waals surface area contributed by atoms with Crippen LogP contribution < -0.4 is 15.5 Å². The van der Waals surface area contributed by atoms with Gasteiger partial charge in [-0.05, 0) is 29.8 Å². The van der Waals surface area contributed by atoms with Crippen molar-refractivity contribution >= 4 is 23.7 Å². The van der Waals surface area contributed by atoms with E-state index in [1.54, 1.807) is 24.3 Å². The number of nitro benzene ring substituents is 1. The number of para-hydroxylation sites is 1. The third-order valence-electron chi connectivity index (χ3n) is 3.27. The number of ether oxygens (including phenoxy) is 1. The molecule has 0 unspecified atom stereocenters. The number of nitrogens with zero attached hydrogens (tertiary/aromatic N) is 2. The number of hydrazone groups is 1. The molecular formula is C17H16N4O5. The highest BCUT2D eigenvalue weighted by molar-refractivity contribution is 5.98. The van der Waals surface area contributed by atoms with Gasteiger partial charge in [-0.25, -0.2) is 5.43 Å². The summed E-state index contributed by atoms with van der Waals surface area (Å²) in [4.78, 5) is 33.8. The van der Waals surface area contributed by atoms with Crippen molar-refractivity contribution in [2.45, 2.75) is 0 Å². The summed E-state index contributed by atoms with van der Waals surface area (Å²) in [6.45, 7) is -0.269. The van der Waals surface area contributed by atoms with E-state index in [1.165, 1.54) is 37.6 Å². The third-order valence-corrected chi connectivity index (χ3v) is 3.27. The van der Waals surface area contributed by atoms with E-state index in [-0.39, 0.29) is 12.2 Å². The maximum absolute atomic E-state index is 12.0. The molecule has 2 N–H and O–H groups in total. The molecule has 0 spiro atoms. The van der Waals surface area contributed by atoms with Gasteiger partial charge in [0.1, 0.15) is 5.75 Å². The van der Waals surface area contributed by atoms with Crippen LogP contribution >= 0.6 is 0 Å². The zero-order valence-electron chi connectivity index (χ0n) is 13.8. The molecule has 0 aliphatic heterocycles. The number of benzene rings is 2. The quantitative estimate of drug-likeness (QED) is 0.442. The van der Waals surface area contributed by atoms with Crippen LogP contribution in [-0.2, 0) is 4.79 Å². The van der Waals surface area contributed by atoms with Gasteiger partial charge in [-0.1, -0.05) is 12.1 Å². The molecule has 134 valence electrons. The van der Waals surface area contributed by atoms with Crippen LogP contribution in [-0.4, -0.2) is 36.6 Å². The lowest BCUT2D eigenvalue weighted by Crippen LogP contribution is -2.35. The Bertz CT molecular complexity index is 833. The number of hydrogen-bond acceptors (Lipinski definition) is 6. The Hall–Kier alpha value is -3.75. The van der Waals surface area contributed by atoms with Gasteiger partial charge in [0.2, 0.25) is 0 Å². The Kier molecular flexibility index (Phi) is 6.38. The lowest BCUT2D eigenvalue weighted by Gasteiger charge is -2.08. The Balaban J connectivity index is 1.83. The van der Waals surface area contributed by atoms with Crippen molar-refractivity contribution in [3.05, 3.63) is 69.8 Å². The van der Waals surface area contributed by atoms with E-state index in [0.717, 1.165) is 0 Å². The predicted octanol–water partition coefficient (Wildman–Crippen LogP) is 1.48. The monoisotopic (exact) mass is 356 g/mol. The van der Waals surface area contributed by atoms with Crippen molar-refractivity contribution in [3.8, 4) is 5.75 Å². The molecular weight excluding hydrogens is 340 g/mol. The van der Waals surface area contributed by atoms with E-state index in [1.807, 2.05) is 0 Å². The summed E-state index contributed by atoms with van der Waals surface area (Å²) in [5, 5.41) is 16.8. The van der Waals surface area contributed by atoms with Gasteiger partial charge in [0, 0.05) is 12.1 Å². The van der Waals surface area contributed by atoms with Gasteiger partial charge in [0.15, 0.2) is 0 Å².